The largest absolute Gasteiger partial charge is 0.497 e. The average Bonchev–Trinajstić information content (AvgIpc) is 3.01. The number of aryl methyl sites for hydroxylation is 2. The van der Waals surface area contributed by atoms with E-state index in [1.165, 1.54) is 11.1 Å². The molecule has 2 fully saturated rings. The minimum atomic E-state index is -1.42. The number of methoxy groups -OCH3 is 1. The van der Waals surface area contributed by atoms with Crippen molar-refractivity contribution in [2.45, 2.75) is 51.5 Å². The van der Waals surface area contributed by atoms with Crippen LogP contribution in [-0.4, -0.2) is 79.5 Å². The predicted molar refractivity (Wildman–Crippen MR) is 157 cm³/mol. The molecule has 3 heterocycles. The molecule has 2 saturated heterocycles. The minimum Gasteiger partial charge on any atom is -0.497 e. The van der Waals surface area contributed by atoms with Gasteiger partial charge in [0.15, 0.2) is 17.5 Å². The molecule has 6 nitrogen and oxygen atoms in total. The number of rotatable bonds is 12. The van der Waals surface area contributed by atoms with Gasteiger partial charge in [-0.1, -0.05) is 0 Å². The van der Waals surface area contributed by atoms with E-state index in [0.717, 1.165) is 120 Å². The van der Waals surface area contributed by atoms with E-state index < -0.39 is 17.5 Å². The van der Waals surface area contributed by atoms with Gasteiger partial charge in [-0.15, -0.1) is 0 Å². The maximum Gasteiger partial charge on any atom is 0.194 e. The number of hydrogen-bond donors (Lipinski definition) is 1. The molecule has 2 aliphatic rings. The highest BCUT2D eigenvalue weighted by molar-refractivity contribution is 5.84. The molecule has 42 heavy (non-hydrogen) atoms. The molecule has 0 bridgehead atoms. The van der Waals surface area contributed by atoms with Crippen LogP contribution in [0, 0.1) is 22.9 Å². The Hall–Kier alpha value is -2.72. The first-order chi connectivity index (χ1) is 20.4. The van der Waals surface area contributed by atoms with Crippen molar-refractivity contribution in [3.05, 3.63) is 70.7 Å². The Morgan fingerprint density at radius 1 is 0.952 bits per heavy atom. The molecule has 0 saturated carbocycles. The number of ether oxygens (including phenoxy) is 2. The highest BCUT2D eigenvalue weighted by Crippen LogP contribution is 2.37. The SMILES string of the molecule is COc1ccc2ncc(CN3CCOCC3)c(CCCC3(CO)CCN(CCCc4cc(F)c(F)c(F)c4)CC3)c2c1. The van der Waals surface area contributed by atoms with Gasteiger partial charge in [-0.2, -0.15) is 0 Å². The molecule has 0 unspecified atom stereocenters. The Labute approximate surface area is 246 Å². The van der Waals surface area contributed by atoms with Crippen LogP contribution in [0.2, 0.25) is 0 Å². The lowest BCUT2D eigenvalue weighted by atomic mass is 9.74. The lowest BCUT2D eigenvalue weighted by Gasteiger charge is -2.41. The number of piperidine rings is 1. The fourth-order valence-corrected chi connectivity index (χ4v) is 6.46. The molecule has 3 aromatic rings. The Bertz CT molecular complexity index is 1320. The second-order valence-corrected chi connectivity index (χ2v) is 11.9. The van der Waals surface area contributed by atoms with E-state index in [2.05, 4.69) is 15.9 Å². The van der Waals surface area contributed by atoms with Gasteiger partial charge >= 0.3 is 0 Å². The second-order valence-electron chi connectivity index (χ2n) is 11.9. The number of aliphatic hydroxyl groups is 1. The van der Waals surface area contributed by atoms with E-state index in [1.807, 2.05) is 18.3 Å². The lowest BCUT2D eigenvalue weighted by Crippen LogP contribution is -2.42. The molecule has 1 aromatic heterocycles. The summed E-state index contributed by atoms with van der Waals surface area (Å²) in [5.74, 6) is -2.87. The van der Waals surface area contributed by atoms with Crippen LogP contribution in [0.3, 0.4) is 0 Å². The maximum absolute atomic E-state index is 13.5. The molecule has 2 aliphatic heterocycles. The lowest BCUT2D eigenvalue weighted by molar-refractivity contribution is 0.0336. The molecule has 228 valence electrons. The first-order valence-corrected chi connectivity index (χ1v) is 15.1. The van der Waals surface area contributed by atoms with E-state index in [0.29, 0.717) is 12.0 Å². The zero-order valence-corrected chi connectivity index (χ0v) is 24.5. The van der Waals surface area contributed by atoms with Gasteiger partial charge < -0.3 is 19.5 Å². The van der Waals surface area contributed by atoms with Crippen LogP contribution in [0.15, 0.2) is 36.5 Å². The third-order valence-electron chi connectivity index (χ3n) is 9.14. The minimum absolute atomic E-state index is 0.107. The Morgan fingerprint density at radius 2 is 1.69 bits per heavy atom. The van der Waals surface area contributed by atoms with E-state index in [-0.39, 0.29) is 12.0 Å². The summed E-state index contributed by atoms with van der Waals surface area (Å²) in [5.41, 5.74) is 3.89. The average molecular weight is 586 g/mol. The molecular weight excluding hydrogens is 543 g/mol. The van der Waals surface area contributed by atoms with E-state index in [9.17, 15) is 18.3 Å². The van der Waals surface area contributed by atoms with Gasteiger partial charge in [0.05, 0.1) is 25.8 Å². The highest BCUT2D eigenvalue weighted by Gasteiger charge is 2.33. The zero-order valence-electron chi connectivity index (χ0n) is 24.5. The molecule has 0 atom stereocenters. The van der Waals surface area contributed by atoms with E-state index >= 15 is 0 Å². The van der Waals surface area contributed by atoms with Crippen molar-refractivity contribution in [3.8, 4) is 5.75 Å². The van der Waals surface area contributed by atoms with Crippen molar-refractivity contribution >= 4 is 10.9 Å². The molecule has 0 radical (unpaired) electrons. The number of halogens is 3. The highest BCUT2D eigenvalue weighted by atomic mass is 19.2. The fourth-order valence-electron chi connectivity index (χ4n) is 6.46. The molecule has 1 N–H and O–H groups in total. The Kier molecular flexibility index (Phi) is 10.4. The van der Waals surface area contributed by atoms with Crippen molar-refractivity contribution in [3.63, 3.8) is 0 Å². The molecule has 9 heteroatoms. The smallest absolute Gasteiger partial charge is 0.194 e. The summed E-state index contributed by atoms with van der Waals surface area (Å²) in [4.78, 5) is 9.54. The third-order valence-corrected chi connectivity index (χ3v) is 9.14. The number of morpholine rings is 1. The normalized spacial score (nSPS) is 18.0. The predicted octanol–water partition coefficient (Wildman–Crippen LogP) is 5.52. The number of nitrogens with zero attached hydrogens (tertiary/aromatic N) is 3. The summed E-state index contributed by atoms with van der Waals surface area (Å²) < 4.78 is 51.4. The molecule has 2 aromatic carbocycles. The van der Waals surface area contributed by atoms with Crippen LogP contribution < -0.4 is 4.74 Å². The van der Waals surface area contributed by atoms with Gasteiger partial charge in [-0.05, 0) is 117 Å². The Morgan fingerprint density at radius 3 is 2.38 bits per heavy atom. The summed E-state index contributed by atoms with van der Waals surface area (Å²) in [6.45, 7) is 6.91. The van der Waals surface area contributed by atoms with Crippen molar-refractivity contribution in [2.75, 3.05) is 59.7 Å². The maximum atomic E-state index is 13.5. The van der Waals surface area contributed by atoms with Gasteiger partial charge in [0.2, 0.25) is 0 Å². The number of pyridine rings is 1. The first kappa shape index (κ1) is 30.7. The monoisotopic (exact) mass is 585 g/mol. The van der Waals surface area contributed by atoms with Crippen molar-refractivity contribution in [1.29, 1.82) is 0 Å². The quantitative estimate of drug-likeness (QED) is 0.283. The van der Waals surface area contributed by atoms with E-state index in [4.69, 9.17) is 14.5 Å². The first-order valence-electron chi connectivity index (χ1n) is 15.1. The van der Waals surface area contributed by atoms with Crippen LogP contribution in [0.4, 0.5) is 13.2 Å². The van der Waals surface area contributed by atoms with Crippen LogP contribution in [-0.2, 0) is 24.1 Å². The zero-order chi connectivity index (χ0) is 29.5. The third kappa shape index (κ3) is 7.43. The molecule has 0 amide bonds. The second kappa shape index (κ2) is 14.2. The molecule has 0 aliphatic carbocycles. The van der Waals surface area contributed by atoms with Gasteiger partial charge in [-0.25, -0.2) is 13.2 Å². The van der Waals surface area contributed by atoms with E-state index in [1.54, 1.807) is 7.11 Å². The molecule has 5 rings (SSSR count). The fraction of sp³-hybridized carbons (Fsp3) is 0.545. The summed E-state index contributed by atoms with van der Waals surface area (Å²) >= 11 is 0. The summed E-state index contributed by atoms with van der Waals surface area (Å²) in [6.07, 6.45) is 7.89. The number of fused-ring (bicyclic) bond motifs is 1. The number of hydrogen-bond acceptors (Lipinski definition) is 6. The van der Waals surface area contributed by atoms with Gasteiger partial charge in [0.1, 0.15) is 5.75 Å². The standard InChI is InChI=1S/C33H42F3N3O3/c1-41-26-6-7-31-28(20-26)27(25(21-37-31)22-39-14-16-42-17-15-39)5-2-8-33(23-40)9-12-38(13-10-33)11-3-4-24-18-29(34)32(36)30(35)19-24/h6-7,18-21,40H,2-5,8-17,22-23H2,1H3. The van der Waals surface area contributed by atoms with Crippen molar-refractivity contribution < 1.29 is 27.8 Å². The van der Waals surface area contributed by atoms with Crippen LogP contribution in [0.5, 0.6) is 5.75 Å². The molecular formula is C33H42F3N3O3. The van der Waals surface area contributed by atoms with Gasteiger partial charge in [0.25, 0.3) is 0 Å². The number of aromatic nitrogens is 1. The Balaban J connectivity index is 1.18. The van der Waals surface area contributed by atoms with Crippen LogP contribution in [0.1, 0.15) is 48.8 Å². The van der Waals surface area contributed by atoms with Gasteiger partial charge in [-0.3, -0.25) is 9.88 Å². The summed E-state index contributed by atoms with van der Waals surface area (Å²) in [5, 5.41) is 11.6. The molecule has 0 spiro atoms. The van der Waals surface area contributed by atoms with Gasteiger partial charge in [0, 0.05) is 37.8 Å². The van der Waals surface area contributed by atoms with Crippen molar-refractivity contribution in [1.82, 2.24) is 14.8 Å². The summed E-state index contributed by atoms with van der Waals surface area (Å²) in [6, 6.07) is 8.23. The van der Waals surface area contributed by atoms with Crippen molar-refractivity contribution in [2.24, 2.45) is 5.41 Å². The summed E-state index contributed by atoms with van der Waals surface area (Å²) in [7, 11) is 1.69. The number of aliphatic hydroxyl groups excluding tert-OH is 1. The van der Waals surface area contributed by atoms with Crippen LogP contribution >= 0.6 is 0 Å². The number of benzene rings is 2. The van der Waals surface area contributed by atoms with Crippen LogP contribution in [0.25, 0.3) is 10.9 Å². The topological polar surface area (TPSA) is 58.1 Å². The number of likely N-dealkylation sites (tertiary alicyclic amines) is 1.